The predicted octanol–water partition coefficient (Wildman–Crippen LogP) is 0.826. The Balaban J connectivity index is 1.85. The Morgan fingerprint density at radius 1 is 1.58 bits per heavy atom. The van der Waals surface area contributed by atoms with Crippen molar-refractivity contribution in [2.24, 2.45) is 0 Å². The lowest BCUT2D eigenvalue weighted by Gasteiger charge is -2.15. The van der Waals surface area contributed by atoms with Crippen LogP contribution in [-0.2, 0) is 14.2 Å². The van der Waals surface area contributed by atoms with Crippen molar-refractivity contribution < 1.29 is 19.3 Å². The molecule has 1 aliphatic heterocycles. The van der Waals surface area contributed by atoms with Crippen molar-refractivity contribution in [3.8, 4) is 6.07 Å². The van der Waals surface area contributed by atoms with Gasteiger partial charge in [-0.2, -0.15) is 5.26 Å². The molecule has 0 saturated carbocycles. The summed E-state index contributed by atoms with van der Waals surface area (Å²) in [4.78, 5) is 25.4. The largest absolute Gasteiger partial charge is 0.491 e. The second-order valence-corrected chi connectivity index (χ2v) is 5.31. The second-order valence-electron chi connectivity index (χ2n) is 5.31. The maximum atomic E-state index is 11.8. The maximum absolute atomic E-state index is 11.8. The molecular weight excluding hydrogens is 318 g/mol. The van der Waals surface area contributed by atoms with Crippen LogP contribution in [0.2, 0.25) is 0 Å². The summed E-state index contributed by atoms with van der Waals surface area (Å²) in [6, 6.07) is 1.88. The third kappa shape index (κ3) is 4.63. The molecule has 0 spiro atoms. The fourth-order valence-electron chi connectivity index (χ4n) is 2.28. The smallest absolute Gasteiger partial charge is 0.330 e. The van der Waals surface area contributed by atoms with E-state index >= 15 is 0 Å². The number of hydrogen-bond donors (Lipinski definition) is 2. The minimum absolute atomic E-state index is 0.0820. The number of nitrogens with zero attached hydrogens (tertiary/aromatic N) is 2. The first-order chi connectivity index (χ1) is 11.5. The molecule has 2 rings (SSSR count). The van der Waals surface area contributed by atoms with Crippen LogP contribution in [0.25, 0.3) is 0 Å². The summed E-state index contributed by atoms with van der Waals surface area (Å²) in [5.74, 6) is -0.410. The van der Waals surface area contributed by atoms with Gasteiger partial charge in [0.15, 0.2) is 6.26 Å². The summed E-state index contributed by atoms with van der Waals surface area (Å²) >= 11 is 0. The summed E-state index contributed by atoms with van der Waals surface area (Å²) < 4.78 is 17.1. The molecule has 2 N–H and O–H groups in total. The van der Waals surface area contributed by atoms with Crippen LogP contribution in [0.15, 0.2) is 28.0 Å². The van der Waals surface area contributed by atoms with E-state index in [1.54, 1.807) is 6.92 Å². The molecule has 1 aromatic rings. The Morgan fingerprint density at radius 3 is 3.12 bits per heavy atom. The predicted molar refractivity (Wildman–Crippen MR) is 82.0 cm³/mol. The minimum Gasteiger partial charge on any atom is -0.491 e. The van der Waals surface area contributed by atoms with Gasteiger partial charge >= 0.3 is 11.6 Å². The van der Waals surface area contributed by atoms with E-state index in [-0.39, 0.29) is 25.7 Å². The highest BCUT2D eigenvalue weighted by molar-refractivity contribution is 5.01. The molecule has 2 atom stereocenters. The van der Waals surface area contributed by atoms with E-state index in [0.29, 0.717) is 18.4 Å². The summed E-state index contributed by atoms with van der Waals surface area (Å²) in [7, 11) is 0. The molecular formula is C15H19N3O6. The quantitative estimate of drug-likeness (QED) is 0.557. The topological polar surface area (TPSA) is 127 Å². The molecule has 0 aliphatic carbocycles. The van der Waals surface area contributed by atoms with Gasteiger partial charge in [0.1, 0.15) is 19.4 Å². The van der Waals surface area contributed by atoms with Gasteiger partial charge in [-0.3, -0.25) is 14.3 Å². The van der Waals surface area contributed by atoms with Crippen molar-refractivity contribution in [3.63, 3.8) is 0 Å². The minimum atomic E-state index is -0.513. The highest BCUT2D eigenvalue weighted by Gasteiger charge is 2.27. The summed E-state index contributed by atoms with van der Waals surface area (Å²) in [6.45, 7) is 1.88. The fourth-order valence-corrected chi connectivity index (χ4v) is 2.28. The van der Waals surface area contributed by atoms with Gasteiger partial charge in [0.05, 0.1) is 18.6 Å². The highest BCUT2D eigenvalue weighted by Crippen LogP contribution is 2.27. The molecule has 1 aliphatic rings. The Morgan fingerprint density at radius 2 is 2.38 bits per heavy atom. The summed E-state index contributed by atoms with van der Waals surface area (Å²) in [5.41, 5.74) is -0.494. The number of H-pyrrole nitrogens is 1. The number of aromatic amines is 1. The van der Waals surface area contributed by atoms with Crippen molar-refractivity contribution in [1.29, 1.82) is 5.26 Å². The molecule has 0 aromatic carbocycles. The fraction of sp³-hybridized carbons (Fsp3) is 0.533. The van der Waals surface area contributed by atoms with Gasteiger partial charge in [-0.1, -0.05) is 0 Å². The van der Waals surface area contributed by atoms with Crippen molar-refractivity contribution >= 4 is 0 Å². The average Bonchev–Trinajstić information content (AvgIpc) is 3.00. The number of ether oxygens (including phenoxy) is 3. The van der Waals surface area contributed by atoms with Gasteiger partial charge < -0.3 is 19.3 Å². The maximum Gasteiger partial charge on any atom is 0.330 e. The van der Waals surface area contributed by atoms with Crippen LogP contribution in [0.3, 0.4) is 0 Å². The average molecular weight is 337 g/mol. The molecule has 1 fully saturated rings. The molecule has 0 amide bonds. The lowest BCUT2D eigenvalue weighted by atomic mass is 10.2. The standard InChI is InChI=1S/C15H19N3O6/c1-10-7-18(15(21)17-14(10)20)12-4-3-11(24-12)8-22-9-13(19)23-6-2-5-16/h7,9,11-12,19H,2-4,6,8H2,1H3,(H,17,20,21)/b13-9-/t11-,12+/m0/s1. The molecule has 0 radical (unpaired) electrons. The Kier molecular flexibility index (Phi) is 6.03. The third-order valence-electron chi connectivity index (χ3n) is 3.47. The van der Waals surface area contributed by atoms with Crippen molar-refractivity contribution in [2.45, 2.75) is 38.5 Å². The van der Waals surface area contributed by atoms with Crippen molar-refractivity contribution in [2.75, 3.05) is 13.2 Å². The first-order valence-electron chi connectivity index (χ1n) is 7.49. The van der Waals surface area contributed by atoms with Gasteiger partial charge in [-0.05, 0) is 19.8 Å². The van der Waals surface area contributed by atoms with E-state index in [0.717, 1.165) is 6.26 Å². The Labute approximate surface area is 137 Å². The number of rotatable bonds is 7. The van der Waals surface area contributed by atoms with E-state index < -0.39 is 23.4 Å². The van der Waals surface area contributed by atoms with Crippen LogP contribution >= 0.6 is 0 Å². The van der Waals surface area contributed by atoms with E-state index in [2.05, 4.69) is 4.98 Å². The number of nitrogens with one attached hydrogen (secondary N) is 1. The second kappa shape index (κ2) is 8.21. The van der Waals surface area contributed by atoms with Crippen LogP contribution in [0.4, 0.5) is 0 Å². The highest BCUT2D eigenvalue weighted by atomic mass is 16.6. The van der Waals surface area contributed by atoms with Gasteiger partial charge in [0.2, 0.25) is 0 Å². The van der Waals surface area contributed by atoms with Crippen LogP contribution in [-0.4, -0.2) is 34.0 Å². The monoisotopic (exact) mass is 337 g/mol. The first kappa shape index (κ1) is 17.6. The normalized spacial score (nSPS) is 20.6. The van der Waals surface area contributed by atoms with Crippen LogP contribution < -0.4 is 11.2 Å². The van der Waals surface area contributed by atoms with E-state index in [9.17, 15) is 14.7 Å². The molecule has 9 heteroatoms. The van der Waals surface area contributed by atoms with Gasteiger partial charge in [-0.25, -0.2) is 4.79 Å². The Bertz CT molecular complexity index is 745. The van der Waals surface area contributed by atoms with Crippen LogP contribution in [0.1, 0.15) is 31.1 Å². The van der Waals surface area contributed by atoms with Crippen molar-refractivity contribution in [1.82, 2.24) is 9.55 Å². The number of aliphatic hydroxyl groups excluding tert-OH is 1. The lowest BCUT2D eigenvalue weighted by Crippen LogP contribution is -2.33. The van der Waals surface area contributed by atoms with Crippen LogP contribution in [0.5, 0.6) is 0 Å². The number of hydrogen-bond acceptors (Lipinski definition) is 7. The zero-order chi connectivity index (χ0) is 17.5. The van der Waals surface area contributed by atoms with Crippen molar-refractivity contribution in [3.05, 3.63) is 44.8 Å². The molecule has 130 valence electrons. The van der Waals surface area contributed by atoms with E-state index in [4.69, 9.17) is 19.5 Å². The molecule has 1 aromatic heterocycles. The molecule has 2 heterocycles. The molecule has 24 heavy (non-hydrogen) atoms. The number of nitriles is 1. The zero-order valence-electron chi connectivity index (χ0n) is 13.2. The van der Waals surface area contributed by atoms with Gasteiger partial charge in [0, 0.05) is 11.8 Å². The van der Waals surface area contributed by atoms with E-state index in [1.807, 2.05) is 6.07 Å². The summed E-state index contributed by atoms with van der Waals surface area (Å²) in [6.07, 6.45) is 3.24. The SMILES string of the molecule is Cc1cn([C@H]2CC[C@@H](CO/C=C(/O)OCCC#N)O2)c(=O)[nH]c1=O. The third-order valence-corrected chi connectivity index (χ3v) is 3.47. The zero-order valence-corrected chi connectivity index (χ0v) is 13.2. The Hall–Kier alpha value is -2.73. The first-order valence-corrected chi connectivity index (χ1v) is 7.49. The number of aliphatic hydroxyl groups is 1. The molecule has 1 saturated heterocycles. The molecule has 0 bridgehead atoms. The van der Waals surface area contributed by atoms with Crippen LogP contribution in [0, 0.1) is 18.3 Å². The lowest BCUT2D eigenvalue weighted by molar-refractivity contribution is -0.0308. The van der Waals surface area contributed by atoms with E-state index in [1.165, 1.54) is 10.8 Å². The molecule has 9 nitrogen and oxygen atoms in total. The molecule has 0 unspecified atom stereocenters. The van der Waals surface area contributed by atoms with Gasteiger partial charge in [0.25, 0.3) is 5.56 Å². The number of aromatic nitrogens is 2. The number of aryl methyl sites for hydroxylation is 1. The summed E-state index contributed by atoms with van der Waals surface area (Å²) in [5, 5.41) is 17.7. The van der Waals surface area contributed by atoms with Gasteiger partial charge in [-0.15, -0.1) is 0 Å².